The number of aliphatic hydroxyl groups is 1. The quantitative estimate of drug-likeness (QED) is 0.300. The Morgan fingerprint density at radius 1 is 1.12 bits per heavy atom. The average Bonchev–Trinajstić information content (AvgIpc) is 3.48. The molecule has 2 heterocycles. The van der Waals surface area contributed by atoms with Crippen molar-refractivity contribution < 1.29 is 41.3 Å². The molecular formula is C28H32F5N5O4. The van der Waals surface area contributed by atoms with E-state index in [1.165, 1.54) is 10.7 Å². The fourth-order valence-corrected chi connectivity index (χ4v) is 4.91. The van der Waals surface area contributed by atoms with E-state index in [4.69, 9.17) is 9.47 Å². The van der Waals surface area contributed by atoms with Crippen molar-refractivity contribution in [1.29, 1.82) is 0 Å². The van der Waals surface area contributed by atoms with Gasteiger partial charge in [0.2, 0.25) is 5.88 Å². The highest BCUT2D eigenvalue weighted by Gasteiger charge is 2.48. The van der Waals surface area contributed by atoms with Crippen LogP contribution in [0.2, 0.25) is 0 Å². The molecule has 9 nitrogen and oxygen atoms in total. The van der Waals surface area contributed by atoms with Crippen LogP contribution in [0.4, 0.5) is 32.6 Å². The second-order valence-corrected chi connectivity index (χ2v) is 10.1. The Bertz CT molecular complexity index is 1370. The van der Waals surface area contributed by atoms with Gasteiger partial charge in [0.25, 0.3) is 0 Å². The van der Waals surface area contributed by atoms with Gasteiger partial charge in [0, 0.05) is 26.1 Å². The Balaban J connectivity index is 1.62. The van der Waals surface area contributed by atoms with Crippen LogP contribution in [0.3, 0.4) is 0 Å². The van der Waals surface area contributed by atoms with Gasteiger partial charge in [-0.15, -0.1) is 5.10 Å². The number of nitrogens with zero attached hydrogens (tertiary/aromatic N) is 3. The molecule has 228 valence electrons. The minimum atomic E-state index is -4.63. The number of ether oxygens (including phenoxy) is 2. The number of methoxy groups -OCH3 is 1. The molecule has 42 heavy (non-hydrogen) atoms. The number of urea groups is 1. The van der Waals surface area contributed by atoms with Crippen LogP contribution in [-0.4, -0.2) is 83.6 Å². The molecule has 3 aromatic rings. The van der Waals surface area contributed by atoms with Crippen molar-refractivity contribution in [2.45, 2.75) is 44.1 Å². The van der Waals surface area contributed by atoms with Crippen molar-refractivity contribution >= 4 is 11.8 Å². The van der Waals surface area contributed by atoms with E-state index in [0.717, 1.165) is 24.1 Å². The van der Waals surface area contributed by atoms with E-state index >= 15 is 0 Å². The van der Waals surface area contributed by atoms with E-state index in [-0.39, 0.29) is 37.0 Å². The van der Waals surface area contributed by atoms with Gasteiger partial charge in [-0.1, -0.05) is 24.3 Å². The Morgan fingerprint density at radius 2 is 1.83 bits per heavy atom. The van der Waals surface area contributed by atoms with Gasteiger partial charge in [-0.2, -0.15) is 13.2 Å². The van der Waals surface area contributed by atoms with Crippen molar-refractivity contribution in [2.75, 3.05) is 38.7 Å². The van der Waals surface area contributed by atoms with Gasteiger partial charge in [0.15, 0.2) is 11.6 Å². The Morgan fingerprint density at radius 3 is 2.45 bits per heavy atom. The molecule has 1 aliphatic rings. The van der Waals surface area contributed by atoms with Gasteiger partial charge >= 0.3 is 12.2 Å². The molecule has 1 aromatic heterocycles. The lowest BCUT2D eigenvalue weighted by Gasteiger charge is -2.29. The number of likely N-dealkylation sites (tertiary alicyclic amines) is 1. The topological polar surface area (TPSA) is 101 Å². The van der Waals surface area contributed by atoms with Crippen molar-refractivity contribution in [3.8, 4) is 11.6 Å². The number of nitrogens with one attached hydrogen (secondary N) is 2. The minimum absolute atomic E-state index is 0.0477. The molecule has 2 amide bonds. The van der Waals surface area contributed by atoms with Gasteiger partial charge in [0.1, 0.15) is 18.5 Å². The second kappa shape index (κ2) is 13.0. The van der Waals surface area contributed by atoms with Crippen LogP contribution >= 0.6 is 0 Å². The summed E-state index contributed by atoms with van der Waals surface area (Å²) >= 11 is 0. The maximum atomic E-state index is 14.1. The molecule has 0 aliphatic carbocycles. The third-order valence-electron chi connectivity index (χ3n) is 6.95. The molecule has 1 unspecified atom stereocenters. The first-order chi connectivity index (χ1) is 19.9. The molecule has 0 radical (unpaired) electrons. The first-order valence-corrected chi connectivity index (χ1v) is 13.2. The van der Waals surface area contributed by atoms with Crippen LogP contribution in [0.15, 0.2) is 48.5 Å². The fourth-order valence-electron chi connectivity index (χ4n) is 4.91. The number of aromatic nitrogens is 2. The van der Waals surface area contributed by atoms with Crippen molar-refractivity contribution in [3.05, 3.63) is 71.3 Å². The molecular weight excluding hydrogens is 565 g/mol. The van der Waals surface area contributed by atoms with E-state index in [2.05, 4.69) is 15.7 Å². The average molecular weight is 598 g/mol. The number of hydrogen-bond acceptors (Lipinski definition) is 6. The Kier molecular flexibility index (Phi) is 9.69. The summed E-state index contributed by atoms with van der Waals surface area (Å²) in [6, 6.07) is 8.30. The summed E-state index contributed by atoms with van der Waals surface area (Å²) < 4.78 is 81.2. The standard InChI is InChI=1S/C28H32F5N5O4/c1-16(39)14-42-26-17(2)25(38(36-26)19-7-5-4-6-8-19)35-27(40)34-23-13-37(24(15-41-3)28(31,32)33)12-20(23)18-9-10-21(29)22(30)11-18/h4-11,16,20,23-24,39H,12-15H2,1-3H3,(H2,34,35,40)/t16-,20-,23?,24+/m0/s1. The van der Waals surface area contributed by atoms with Crippen LogP contribution in [0.25, 0.3) is 5.69 Å². The summed E-state index contributed by atoms with van der Waals surface area (Å²) in [5.74, 6) is -2.65. The number of hydrogen-bond donors (Lipinski definition) is 3. The van der Waals surface area contributed by atoms with Crippen molar-refractivity contribution in [3.63, 3.8) is 0 Å². The van der Waals surface area contributed by atoms with Gasteiger partial charge in [-0.25, -0.2) is 18.3 Å². The predicted octanol–water partition coefficient (Wildman–Crippen LogP) is 4.39. The number of benzene rings is 2. The molecule has 3 N–H and O–H groups in total. The molecule has 2 aromatic carbocycles. The summed E-state index contributed by atoms with van der Waals surface area (Å²) in [5, 5.41) is 19.5. The molecule has 0 spiro atoms. The van der Waals surface area contributed by atoms with Crippen molar-refractivity contribution in [2.24, 2.45) is 0 Å². The lowest BCUT2D eigenvalue weighted by atomic mass is 9.94. The van der Waals surface area contributed by atoms with Gasteiger partial charge in [-0.05, 0) is 43.7 Å². The Labute approximate surface area is 239 Å². The number of rotatable bonds is 10. The van der Waals surface area contributed by atoms with E-state index in [0.29, 0.717) is 11.3 Å². The predicted molar refractivity (Wildman–Crippen MR) is 144 cm³/mol. The number of halogens is 5. The molecule has 1 aliphatic heterocycles. The van der Waals surface area contributed by atoms with Crippen LogP contribution in [-0.2, 0) is 4.74 Å². The number of carbonyl (C=O) groups is 1. The van der Waals surface area contributed by atoms with Crippen LogP contribution in [0.5, 0.6) is 5.88 Å². The summed E-state index contributed by atoms with van der Waals surface area (Å²) in [5.41, 5.74) is 1.26. The van der Waals surface area contributed by atoms with Gasteiger partial charge < -0.3 is 19.9 Å². The van der Waals surface area contributed by atoms with E-state index in [1.807, 2.05) is 0 Å². The highest BCUT2D eigenvalue weighted by molar-refractivity contribution is 5.90. The first-order valence-electron chi connectivity index (χ1n) is 13.2. The van der Waals surface area contributed by atoms with Crippen LogP contribution < -0.4 is 15.4 Å². The largest absolute Gasteiger partial charge is 0.474 e. The molecule has 4 rings (SSSR count). The molecule has 1 saturated heterocycles. The maximum Gasteiger partial charge on any atom is 0.406 e. The lowest BCUT2D eigenvalue weighted by molar-refractivity contribution is -0.192. The third kappa shape index (κ3) is 7.17. The zero-order valence-electron chi connectivity index (χ0n) is 23.2. The summed E-state index contributed by atoms with van der Waals surface area (Å²) in [4.78, 5) is 14.4. The molecule has 0 bridgehead atoms. The minimum Gasteiger partial charge on any atom is -0.474 e. The normalized spacial score (nSPS) is 19.0. The second-order valence-electron chi connectivity index (χ2n) is 10.1. The number of amides is 2. The zero-order valence-corrected chi connectivity index (χ0v) is 23.2. The molecule has 0 saturated carbocycles. The highest BCUT2D eigenvalue weighted by atomic mass is 19.4. The fraction of sp³-hybridized carbons (Fsp3) is 0.429. The molecule has 1 fully saturated rings. The molecule has 4 atom stereocenters. The van der Waals surface area contributed by atoms with Gasteiger partial charge in [0.05, 0.1) is 30.0 Å². The van der Waals surface area contributed by atoms with Crippen molar-refractivity contribution in [1.82, 2.24) is 20.0 Å². The first kappa shape index (κ1) is 31.2. The van der Waals surface area contributed by atoms with E-state index in [9.17, 15) is 31.9 Å². The van der Waals surface area contributed by atoms with Gasteiger partial charge in [-0.3, -0.25) is 10.2 Å². The number of para-hydroxylation sites is 1. The highest BCUT2D eigenvalue weighted by Crippen LogP contribution is 2.35. The third-order valence-corrected chi connectivity index (χ3v) is 6.95. The number of aliphatic hydroxyl groups excluding tert-OH is 1. The smallest absolute Gasteiger partial charge is 0.406 e. The summed E-state index contributed by atoms with van der Waals surface area (Å²) in [7, 11) is 1.15. The van der Waals surface area contributed by atoms with E-state index < -0.39 is 54.6 Å². The number of anilines is 1. The van der Waals surface area contributed by atoms with Crippen LogP contribution in [0, 0.1) is 18.6 Å². The van der Waals surface area contributed by atoms with E-state index in [1.54, 1.807) is 44.2 Å². The summed E-state index contributed by atoms with van der Waals surface area (Å²) in [6.07, 6.45) is -5.41. The monoisotopic (exact) mass is 597 g/mol. The molecule has 14 heteroatoms. The maximum absolute atomic E-state index is 14.1. The Hall–Kier alpha value is -3.75. The zero-order chi connectivity index (χ0) is 30.6. The number of carbonyl (C=O) groups excluding carboxylic acids is 1. The summed E-state index contributed by atoms with van der Waals surface area (Å²) in [6.45, 7) is 2.08. The lowest BCUT2D eigenvalue weighted by Crippen LogP contribution is -2.49. The SMILES string of the molecule is COC[C@@H](N1CC(NC(=O)Nc2c(C)c(OC[C@H](C)O)nn2-c2ccccc2)[C@H](c2ccc(F)c(F)c2)C1)C(F)(F)F. The van der Waals surface area contributed by atoms with Crippen LogP contribution in [0.1, 0.15) is 24.0 Å². The number of alkyl halides is 3.